The third-order valence-corrected chi connectivity index (χ3v) is 3.50. The van der Waals surface area contributed by atoms with Gasteiger partial charge in [-0.1, -0.05) is 13.3 Å². The number of amides is 1. The standard InChI is InChI=1S/C12H22N2O3/c1-3-14(2)8-7-13-11(15)9-5-4-6-10(9)12(16)17/h9-10H,3-8H2,1-2H3,(H,13,15)(H,16,17)/t9-,10+/m1/s1. The number of carboxylic acids is 1. The minimum absolute atomic E-state index is 0.0978. The number of carboxylic acid groups (broad SMARTS) is 1. The molecule has 0 aromatic heterocycles. The first kappa shape index (κ1) is 14.0. The summed E-state index contributed by atoms with van der Waals surface area (Å²) in [4.78, 5) is 24.9. The molecular formula is C12H22N2O3. The maximum atomic E-state index is 11.8. The van der Waals surface area contributed by atoms with E-state index in [4.69, 9.17) is 5.11 Å². The summed E-state index contributed by atoms with van der Waals surface area (Å²) in [7, 11) is 1.99. The van der Waals surface area contributed by atoms with Gasteiger partial charge in [-0.2, -0.15) is 0 Å². The van der Waals surface area contributed by atoms with Gasteiger partial charge in [0.05, 0.1) is 11.8 Å². The predicted molar refractivity (Wildman–Crippen MR) is 64.6 cm³/mol. The van der Waals surface area contributed by atoms with Crippen LogP contribution in [0.4, 0.5) is 0 Å². The summed E-state index contributed by atoms with van der Waals surface area (Å²) in [6, 6.07) is 0. The first-order chi connectivity index (χ1) is 8.06. The number of carbonyl (C=O) groups excluding carboxylic acids is 1. The van der Waals surface area contributed by atoms with Crippen molar-refractivity contribution < 1.29 is 14.7 Å². The number of hydrogen-bond acceptors (Lipinski definition) is 3. The van der Waals surface area contributed by atoms with Gasteiger partial charge in [0.2, 0.25) is 5.91 Å². The Morgan fingerprint density at radius 2 is 2.00 bits per heavy atom. The Hall–Kier alpha value is -1.10. The van der Waals surface area contributed by atoms with Crippen molar-refractivity contribution >= 4 is 11.9 Å². The Morgan fingerprint density at radius 3 is 2.59 bits per heavy atom. The molecule has 0 radical (unpaired) electrons. The van der Waals surface area contributed by atoms with Crippen molar-refractivity contribution in [1.29, 1.82) is 0 Å². The van der Waals surface area contributed by atoms with Crippen molar-refractivity contribution in [2.45, 2.75) is 26.2 Å². The van der Waals surface area contributed by atoms with Crippen LogP contribution >= 0.6 is 0 Å². The van der Waals surface area contributed by atoms with Gasteiger partial charge in [-0.3, -0.25) is 9.59 Å². The fourth-order valence-electron chi connectivity index (χ4n) is 2.23. The third kappa shape index (κ3) is 4.00. The van der Waals surface area contributed by atoms with Crippen LogP contribution in [0.1, 0.15) is 26.2 Å². The lowest BCUT2D eigenvalue weighted by Gasteiger charge is -2.18. The molecular weight excluding hydrogens is 220 g/mol. The summed E-state index contributed by atoms with van der Waals surface area (Å²) >= 11 is 0. The zero-order valence-electron chi connectivity index (χ0n) is 10.6. The van der Waals surface area contributed by atoms with Crippen LogP contribution in [0.2, 0.25) is 0 Å². The number of hydrogen-bond donors (Lipinski definition) is 2. The van der Waals surface area contributed by atoms with E-state index in [1.165, 1.54) is 0 Å². The molecule has 0 aliphatic heterocycles. The number of carbonyl (C=O) groups is 2. The highest BCUT2D eigenvalue weighted by Crippen LogP contribution is 2.31. The molecule has 1 saturated carbocycles. The molecule has 2 N–H and O–H groups in total. The van der Waals surface area contributed by atoms with Crippen molar-refractivity contribution in [2.24, 2.45) is 11.8 Å². The average Bonchev–Trinajstić information content (AvgIpc) is 2.77. The minimum atomic E-state index is -0.840. The maximum absolute atomic E-state index is 11.8. The van der Waals surface area contributed by atoms with Crippen LogP contribution in [0.5, 0.6) is 0 Å². The zero-order valence-corrected chi connectivity index (χ0v) is 10.6. The zero-order chi connectivity index (χ0) is 12.8. The summed E-state index contributed by atoms with van der Waals surface area (Å²) in [5.41, 5.74) is 0. The smallest absolute Gasteiger partial charge is 0.307 e. The molecule has 1 aliphatic rings. The molecule has 0 aromatic carbocycles. The second kappa shape index (κ2) is 6.59. The molecule has 1 aliphatic carbocycles. The van der Waals surface area contributed by atoms with E-state index in [1.54, 1.807) is 0 Å². The SMILES string of the molecule is CCN(C)CCNC(=O)[C@@H]1CCC[C@@H]1C(=O)O. The fraction of sp³-hybridized carbons (Fsp3) is 0.833. The van der Waals surface area contributed by atoms with Crippen molar-refractivity contribution in [1.82, 2.24) is 10.2 Å². The Morgan fingerprint density at radius 1 is 1.35 bits per heavy atom. The molecule has 0 spiro atoms. The lowest BCUT2D eigenvalue weighted by Crippen LogP contribution is -2.39. The van der Waals surface area contributed by atoms with Gasteiger partial charge in [0, 0.05) is 13.1 Å². The van der Waals surface area contributed by atoms with E-state index in [2.05, 4.69) is 17.1 Å². The number of nitrogens with one attached hydrogen (secondary N) is 1. The number of rotatable bonds is 6. The molecule has 0 saturated heterocycles. The summed E-state index contributed by atoms with van der Waals surface area (Å²) < 4.78 is 0. The summed E-state index contributed by atoms with van der Waals surface area (Å²) in [5, 5.41) is 11.8. The van der Waals surface area contributed by atoms with E-state index < -0.39 is 11.9 Å². The monoisotopic (exact) mass is 242 g/mol. The maximum Gasteiger partial charge on any atom is 0.307 e. The molecule has 5 heteroatoms. The van der Waals surface area contributed by atoms with E-state index in [0.717, 1.165) is 19.5 Å². The van der Waals surface area contributed by atoms with Gasteiger partial charge in [0.15, 0.2) is 0 Å². The van der Waals surface area contributed by atoms with Crippen molar-refractivity contribution in [3.63, 3.8) is 0 Å². The van der Waals surface area contributed by atoms with E-state index in [9.17, 15) is 9.59 Å². The number of aliphatic carboxylic acids is 1. The molecule has 1 fully saturated rings. The van der Waals surface area contributed by atoms with Crippen LogP contribution in [-0.2, 0) is 9.59 Å². The van der Waals surface area contributed by atoms with Gasteiger partial charge < -0.3 is 15.3 Å². The summed E-state index contributed by atoms with van der Waals surface area (Å²) in [5.74, 6) is -1.76. The highest BCUT2D eigenvalue weighted by atomic mass is 16.4. The normalized spacial score (nSPS) is 23.9. The second-order valence-corrected chi connectivity index (χ2v) is 4.67. The molecule has 98 valence electrons. The first-order valence-electron chi connectivity index (χ1n) is 6.25. The first-order valence-corrected chi connectivity index (χ1v) is 6.25. The predicted octanol–water partition coefficient (Wildman–Crippen LogP) is 0.555. The van der Waals surface area contributed by atoms with Crippen LogP contribution in [-0.4, -0.2) is 48.6 Å². The van der Waals surface area contributed by atoms with Gasteiger partial charge in [-0.25, -0.2) is 0 Å². The van der Waals surface area contributed by atoms with Gasteiger partial charge in [0.1, 0.15) is 0 Å². The van der Waals surface area contributed by atoms with Gasteiger partial charge in [-0.15, -0.1) is 0 Å². The van der Waals surface area contributed by atoms with Crippen LogP contribution in [0.3, 0.4) is 0 Å². The van der Waals surface area contributed by atoms with E-state index in [0.29, 0.717) is 19.4 Å². The summed E-state index contributed by atoms with van der Waals surface area (Å²) in [6.45, 7) is 4.38. The Bertz CT molecular complexity index is 281. The van der Waals surface area contributed by atoms with E-state index in [-0.39, 0.29) is 11.8 Å². The Kier molecular flexibility index (Phi) is 5.41. The largest absolute Gasteiger partial charge is 0.481 e. The van der Waals surface area contributed by atoms with Gasteiger partial charge in [0.25, 0.3) is 0 Å². The molecule has 1 amide bonds. The highest BCUT2D eigenvalue weighted by molar-refractivity contribution is 5.85. The number of likely N-dealkylation sites (N-methyl/N-ethyl adjacent to an activating group) is 1. The average molecular weight is 242 g/mol. The second-order valence-electron chi connectivity index (χ2n) is 4.67. The van der Waals surface area contributed by atoms with Gasteiger partial charge >= 0.3 is 5.97 Å². The summed E-state index contributed by atoms with van der Waals surface area (Å²) in [6.07, 6.45) is 2.17. The fourth-order valence-corrected chi connectivity index (χ4v) is 2.23. The van der Waals surface area contributed by atoms with Crippen LogP contribution in [0, 0.1) is 11.8 Å². The van der Waals surface area contributed by atoms with Crippen LogP contribution in [0.25, 0.3) is 0 Å². The quantitative estimate of drug-likeness (QED) is 0.714. The third-order valence-electron chi connectivity index (χ3n) is 3.50. The molecule has 1 rings (SSSR count). The minimum Gasteiger partial charge on any atom is -0.481 e. The molecule has 2 atom stereocenters. The molecule has 0 heterocycles. The van der Waals surface area contributed by atoms with Gasteiger partial charge in [-0.05, 0) is 26.4 Å². The highest BCUT2D eigenvalue weighted by Gasteiger charge is 2.37. The molecule has 0 unspecified atom stereocenters. The van der Waals surface area contributed by atoms with Crippen molar-refractivity contribution in [3.8, 4) is 0 Å². The topological polar surface area (TPSA) is 69.6 Å². The number of nitrogens with zero attached hydrogens (tertiary/aromatic N) is 1. The molecule has 0 aromatic rings. The van der Waals surface area contributed by atoms with E-state index >= 15 is 0 Å². The molecule has 0 bridgehead atoms. The Balaban J connectivity index is 2.34. The van der Waals surface area contributed by atoms with Crippen molar-refractivity contribution in [3.05, 3.63) is 0 Å². The molecule has 17 heavy (non-hydrogen) atoms. The lowest BCUT2D eigenvalue weighted by atomic mass is 9.95. The lowest BCUT2D eigenvalue weighted by molar-refractivity contribution is -0.146. The van der Waals surface area contributed by atoms with Crippen molar-refractivity contribution in [2.75, 3.05) is 26.7 Å². The van der Waals surface area contributed by atoms with Crippen LogP contribution < -0.4 is 5.32 Å². The van der Waals surface area contributed by atoms with Crippen LogP contribution in [0.15, 0.2) is 0 Å². The molecule has 5 nitrogen and oxygen atoms in total. The Labute approximate surface area is 102 Å². The van der Waals surface area contributed by atoms with E-state index in [1.807, 2.05) is 7.05 Å².